The van der Waals surface area contributed by atoms with Crippen LogP contribution in [0.4, 0.5) is 0 Å². The zero-order valence-electron chi connectivity index (χ0n) is 15.2. The highest BCUT2D eigenvalue weighted by Gasteiger charge is 2.19. The van der Waals surface area contributed by atoms with Crippen LogP contribution in [0.15, 0.2) is 53.1 Å². The highest BCUT2D eigenvalue weighted by atomic mass is 79.9. The summed E-state index contributed by atoms with van der Waals surface area (Å²) in [6.07, 6.45) is 3.25. The lowest BCUT2D eigenvalue weighted by atomic mass is 10.0. The molecule has 0 unspecified atom stereocenters. The van der Waals surface area contributed by atoms with E-state index < -0.39 is 12.0 Å². The Morgan fingerprint density at radius 1 is 1.30 bits per heavy atom. The van der Waals surface area contributed by atoms with E-state index in [0.717, 1.165) is 38.7 Å². The van der Waals surface area contributed by atoms with E-state index in [1.54, 1.807) is 0 Å². The highest BCUT2D eigenvalue weighted by molar-refractivity contribution is 9.10. The van der Waals surface area contributed by atoms with Crippen LogP contribution >= 0.6 is 15.9 Å². The number of ether oxygens (including phenoxy) is 1. The van der Waals surface area contributed by atoms with Crippen molar-refractivity contribution >= 4 is 32.8 Å². The maximum absolute atomic E-state index is 11.7. The van der Waals surface area contributed by atoms with Crippen molar-refractivity contribution in [3.8, 4) is 5.75 Å². The maximum Gasteiger partial charge on any atom is 0.321 e. The van der Waals surface area contributed by atoms with Gasteiger partial charge in [-0.3, -0.25) is 4.79 Å². The highest BCUT2D eigenvalue weighted by Crippen LogP contribution is 2.26. The molecule has 0 saturated carbocycles. The normalized spacial score (nSPS) is 12.2. The van der Waals surface area contributed by atoms with E-state index >= 15 is 0 Å². The second-order valence-corrected chi connectivity index (χ2v) is 7.30. The number of H-pyrrole nitrogens is 1. The first-order valence-corrected chi connectivity index (χ1v) is 9.80. The number of hydrogen-bond donors (Lipinski definition) is 3. The van der Waals surface area contributed by atoms with Crippen LogP contribution in [-0.2, 0) is 17.8 Å². The van der Waals surface area contributed by atoms with Crippen molar-refractivity contribution in [1.82, 2.24) is 10.3 Å². The van der Waals surface area contributed by atoms with Crippen LogP contribution < -0.4 is 10.1 Å². The van der Waals surface area contributed by atoms with Gasteiger partial charge in [-0.05, 0) is 51.7 Å². The van der Waals surface area contributed by atoms with Gasteiger partial charge < -0.3 is 20.1 Å². The Labute approximate surface area is 166 Å². The van der Waals surface area contributed by atoms with E-state index in [0.29, 0.717) is 19.6 Å². The number of carboxylic acids is 1. The number of aromatic nitrogens is 1. The predicted octanol–water partition coefficient (Wildman–Crippen LogP) is 4.50. The van der Waals surface area contributed by atoms with Gasteiger partial charge in [0.1, 0.15) is 11.8 Å². The molecule has 0 fully saturated rings. The fraction of sp³-hybridized carbons (Fsp3) is 0.286. The number of rotatable bonds is 9. The minimum absolute atomic E-state index is 0.415. The zero-order chi connectivity index (χ0) is 19.2. The molecule has 1 heterocycles. The molecule has 5 nitrogen and oxygen atoms in total. The molecule has 2 aromatic carbocycles. The van der Waals surface area contributed by atoms with Gasteiger partial charge in [-0.2, -0.15) is 0 Å². The van der Waals surface area contributed by atoms with E-state index in [2.05, 4.69) is 33.2 Å². The smallest absolute Gasteiger partial charge is 0.321 e. The van der Waals surface area contributed by atoms with Crippen LogP contribution in [-0.4, -0.2) is 28.7 Å². The van der Waals surface area contributed by atoms with Gasteiger partial charge >= 0.3 is 5.97 Å². The molecular weight excluding hydrogens is 408 g/mol. The molecule has 27 heavy (non-hydrogen) atoms. The third-order valence-corrected chi connectivity index (χ3v) is 5.03. The van der Waals surface area contributed by atoms with Gasteiger partial charge in [0.15, 0.2) is 0 Å². The number of nitrogens with one attached hydrogen (secondary N) is 2. The molecule has 0 bridgehead atoms. The average Bonchev–Trinajstić information content (AvgIpc) is 3.07. The SMILES string of the molecule is CCCOc1ccc(CN[C@@H](Cc2c[nH]c3ccccc23)C(=O)O)cc1Br. The van der Waals surface area contributed by atoms with E-state index in [9.17, 15) is 9.90 Å². The maximum atomic E-state index is 11.7. The molecular formula is C21H23BrN2O3. The molecule has 0 saturated heterocycles. The Morgan fingerprint density at radius 2 is 2.11 bits per heavy atom. The number of fused-ring (bicyclic) bond motifs is 1. The second kappa shape index (κ2) is 9.06. The predicted molar refractivity (Wildman–Crippen MR) is 110 cm³/mol. The Kier molecular flexibility index (Phi) is 6.53. The number of carbonyl (C=O) groups is 1. The molecule has 1 atom stereocenters. The van der Waals surface area contributed by atoms with Crippen LogP contribution in [0.1, 0.15) is 24.5 Å². The van der Waals surface area contributed by atoms with Gasteiger partial charge in [0, 0.05) is 30.1 Å². The van der Waals surface area contributed by atoms with Crippen molar-refractivity contribution in [2.24, 2.45) is 0 Å². The summed E-state index contributed by atoms with van der Waals surface area (Å²) >= 11 is 3.52. The molecule has 0 aliphatic rings. The molecule has 0 aliphatic carbocycles. The molecule has 0 radical (unpaired) electrons. The molecule has 0 spiro atoms. The summed E-state index contributed by atoms with van der Waals surface area (Å²) in [5, 5.41) is 13.8. The van der Waals surface area contributed by atoms with E-state index in [4.69, 9.17) is 4.74 Å². The molecule has 3 aromatic rings. The van der Waals surface area contributed by atoms with Crippen LogP contribution in [0.2, 0.25) is 0 Å². The first kappa shape index (κ1) is 19.5. The van der Waals surface area contributed by atoms with Gasteiger partial charge in [0.05, 0.1) is 11.1 Å². The minimum atomic E-state index is -0.859. The van der Waals surface area contributed by atoms with Gasteiger partial charge in [-0.15, -0.1) is 0 Å². The van der Waals surface area contributed by atoms with E-state index in [1.165, 1.54) is 0 Å². The third-order valence-electron chi connectivity index (χ3n) is 4.41. The largest absolute Gasteiger partial charge is 0.492 e. The first-order chi connectivity index (χ1) is 13.1. The van der Waals surface area contributed by atoms with Gasteiger partial charge in [0.2, 0.25) is 0 Å². The van der Waals surface area contributed by atoms with Gasteiger partial charge in [-0.25, -0.2) is 0 Å². The lowest BCUT2D eigenvalue weighted by molar-refractivity contribution is -0.139. The van der Waals surface area contributed by atoms with Crippen molar-refractivity contribution in [1.29, 1.82) is 0 Å². The standard InChI is InChI=1S/C21H23BrN2O3/c1-2-9-27-20-8-7-14(10-17(20)22)12-23-19(21(25)26)11-15-13-24-18-6-4-3-5-16(15)18/h3-8,10,13,19,23-24H,2,9,11-12H2,1H3,(H,25,26)/t19-/m0/s1. The first-order valence-electron chi connectivity index (χ1n) is 9.01. The minimum Gasteiger partial charge on any atom is -0.492 e. The quantitative estimate of drug-likeness (QED) is 0.466. The number of carboxylic acid groups (broad SMARTS) is 1. The Balaban J connectivity index is 1.67. The van der Waals surface area contributed by atoms with Crippen molar-refractivity contribution in [2.45, 2.75) is 32.4 Å². The number of hydrogen-bond acceptors (Lipinski definition) is 3. The summed E-state index contributed by atoms with van der Waals surface area (Å²) in [5.41, 5.74) is 3.01. The number of para-hydroxylation sites is 1. The van der Waals surface area contributed by atoms with Crippen molar-refractivity contribution in [3.05, 3.63) is 64.3 Å². The lowest BCUT2D eigenvalue weighted by Gasteiger charge is -2.15. The van der Waals surface area contributed by atoms with Crippen LogP contribution in [0, 0.1) is 0 Å². The number of benzene rings is 2. The average molecular weight is 431 g/mol. The lowest BCUT2D eigenvalue weighted by Crippen LogP contribution is -2.38. The number of halogens is 1. The zero-order valence-corrected chi connectivity index (χ0v) is 16.8. The summed E-state index contributed by atoms with van der Waals surface area (Å²) in [5.74, 6) is -0.0589. The molecule has 3 N–H and O–H groups in total. The van der Waals surface area contributed by atoms with E-state index in [-0.39, 0.29) is 0 Å². The van der Waals surface area contributed by atoms with Crippen LogP contribution in [0.3, 0.4) is 0 Å². The molecule has 3 rings (SSSR count). The Hall–Kier alpha value is -2.31. The topological polar surface area (TPSA) is 74.3 Å². The number of aromatic amines is 1. The number of aliphatic carboxylic acids is 1. The van der Waals surface area contributed by atoms with Crippen molar-refractivity contribution in [2.75, 3.05) is 6.61 Å². The summed E-state index contributed by atoms with van der Waals surface area (Å²) in [6, 6.07) is 13.1. The summed E-state index contributed by atoms with van der Waals surface area (Å²) in [4.78, 5) is 14.9. The van der Waals surface area contributed by atoms with Crippen molar-refractivity contribution < 1.29 is 14.6 Å². The Bertz CT molecular complexity index is 923. The van der Waals surface area contributed by atoms with Gasteiger partial charge in [-0.1, -0.05) is 31.2 Å². The fourth-order valence-corrected chi connectivity index (χ4v) is 3.53. The summed E-state index contributed by atoms with van der Waals surface area (Å²) in [7, 11) is 0. The summed E-state index contributed by atoms with van der Waals surface area (Å²) < 4.78 is 6.52. The molecule has 0 aliphatic heterocycles. The van der Waals surface area contributed by atoms with Crippen LogP contribution in [0.25, 0.3) is 10.9 Å². The molecule has 1 aromatic heterocycles. The second-order valence-electron chi connectivity index (χ2n) is 6.45. The summed E-state index contributed by atoms with van der Waals surface area (Å²) in [6.45, 7) is 3.19. The third kappa shape index (κ3) is 4.90. The monoisotopic (exact) mass is 430 g/mol. The Morgan fingerprint density at radius 3 is 2.85 bits per heavy atom. The van der Waals surface area contributed by atoms with Crippen molar-refractivity contribution in [3.63, 3.8) is 0 Å². The molecule has 142 valence electrons. The molecule has 0 amide bonds. The fourth-order valence-electron chi connectivity index (χ4n) is 2.99. The van der Waals surface area contributed by atoms with E-state index in [1.807, 2.05) is 48.7 Å². The van der Waals surface area contributed by atoms with Crippen LogP contribution in [0.5, 0.6) is 5.75 Å². The van der Waals surface area contributed by atoms with Gasteiger partial charge in [0.25, 0.3) is 0 Å². The molecule has 6 heteroatoms.